The lowest BCUT2D eigenvalue weighted by molar-refractivity contribution is -0.146. The zero-order valence-corrected chi connectivity index (χ0v) is 18.8. The number of primary amides is 1. The summed E-state index contributed by atoms with van der Waals surface area (Å²) in [6.07, 6.45) is 2.86. The molecule has 0 bridgehead atoms. The Bertz CT molecular complexity index is 1050. The number of thiophene rings is 1. The van der Waals surface area contributed by atoms with Crippen molar-refractivity contribution in [1.29, 1.82) is 0 Å². The van der Waals surface area contributed by atoms with Gasteiger partial charge < -0.3 is 26.0 Å². The minimum atomic E-state index is -0.852. The van der Waals surface area contributed by atoms with E-state index in [4.69, 9.17) is 10.5 Å². The Morgan fingerprint density at radius 2 is 2.00 bits per heavy atom. The highest BCUT2D eigenvalue weighted by Crippen LogP contribution is 2.37. The molecule has 0 spiro atoms. The van der Waals surface area contributed by atoms with Gasteiger partial charge in [0.05, 0.1) is 29.9 Å². The molecule has 10 nitrogen and oxygen atoms in total. The summed E-state index contributed by atoms with van der Waals surface area (Å²) in [5.41, 5.74) is 5.46. The van der Waals surface area contributed by atoms with Crippen molar-refractivity contribution >= 4 is 40.7 Å². The minimum Gasteiger partial charge on any atom is -0.480 e. The summed E-state index contributed by atoms with van der Waals surface area (Å²) in [7, 11) is 2.90. The van der Waals surface area contributed by atoms with Crippen molar-refractivity contribution in [3.05, 3.63) is 39.7 Å². The van der Waals surface area contributed by atoms with Gasteiger partial charge in [-0.1, -0.05) is 6.92 Å². The van der Waals surface area contributed by atoms with Crippen LogP contribution in [0, 0.1) is 5.92 Å². The van der Waals surface area contributed by atoms with Crippen LogP contribution in [0.2, 0.25) is 0 Å². The molecule has 2 atom stereocenters. The molecule has 32 heavy (non-hydrogen) atoms. The number of carbonyl (C=O) groups is 4. The average molecular weight is 460 g/mol. The molecular weight excluding hydrogens is 434 g/mol. The van der Waals surface area contributed by atoms with E-state index in [9.17, 15) is 19.2 Å². The second-order valence-corrected chi connectivity index (χ2v) is 8.65. The number of aromatic nitrogens is 1. The molecule has 1 saturated heterocycles. The van der Waals surface area contributed by atoms with Crippen LogP contribution in [0.4, 0.5) is 5.69 Å². The molecular formula is C21H25N5O5S. The van der Waals surface area contributed by atoms with Gasteiger partial charge in [-0.2, -0.15) is 0 Å². The van der Waals surface area contributed by atoms with Crippen molar-refractivity contribution in [3.63, 3.8) is 0 Å². The summed E-state index contributed by atoms with van der Waals surface area (Å²) in [5.74, 6) is -2.27. The molecule has 1 fully saturated rings. The molecule has 11 heteroatoms. The minimum absolute atomic E-state index is 0.0115. The number of pyridine rings is 1. The quantitative estimate of drug-likeness (QED) is 0.579. The summed E-state index contributed by atoms with van der Waals surface area (Å²) in [6, 6.07) is 4.54. The molecule has 3 rings (SSSR count). The normalized spacial score (nSPS) is 18.0. The van der Waals surface area contributed by atoms with Crippen LogP contribution in [0.1, 0.15) is 50.7 Å². The van der Waals surface area contributed by atoms with Gasteiger partial charge in [0.25, 0.3) is 11.8 Å². The van der Waals surface area contributed by atoms with E-state index in [-0.39, 0.29) is 35.0 Å². The smallest absolute Gasteiger partial charge is 0.313 e. The van der Waals surface area contributed by atoms with Gasteiger partial charge in [-0.05, 0) is 37.0 Å². The maximum Gasteiger partial charge on any atom is 0.313 e. The molecule has 1 aliphatic rings. The molecule has 4 N–H and O–H groups in total. The van der Waals surface area contributed by atoms with Crippen molar-refractivity contribution in [3.8, 4) is 5.88 Å². The number of nitrogens with zero attached hydrogens (tertiary/aromatic N) is 2. The number of nitrogens with two attached hydrogens (primary N) is 1. The van der Waals surface area contributed by atoms with E-state index < -0.39 is 17.7 Å². The number of hydrogen-bond donors (Lipinski definition) is 3. The highest BCUT2D eigenvalue weighted by atomic mass is 32.1. The number of amides is 4. The number of methoxy groups -OCH3 is 1. The molecule has 2 aromatic heterocycles. The Morgan fingerprint density at radius 3 is 2.66 bits per heavy atom. The number of rotatable bonds is 5. The van der Waals surface area contributed by atoms with Gasteiger partial charge in [0, 0.05) is 18.5 Å². The van der Waals surface area contributed by atoms with Gasteiger partial charge in [-0.3, -0.25) is 19.2 Å². The molecule has 2 aromatic rings. The van der Waals surface area contributed by atoms with Crippen LogP contribution in [0.5, 0.6) is 5.88 Å². The summed E-state index contributed by atoms with van der Waals surface area (Å²) >= 11 is 1.31. The molecule has 1 unspecified atom stereocenters. The molecule has 3 heterocycles. The average Bonchev–Trinajstić information content (AvgIpc) is 3.27. The fourth-order valence-electron chi connectivity index (χ4n) is 3.62. The number of carbonyl (C=O) groups excluding carboxylic acids is 4. The standard InChI is InChI=1S/C21H25N5O5S/c1-11-4-5-14(15-6-7-16(32-15)18(28)23-2)26(10-11)21(30)19(29)25-12-8-13(17(22)27)20(31-3)24-9-12/h6-9,11,14H,4-5,10H2,1-3H3,(H2,22,27)(H,23,28)(H,25,29)/t11-,14?/m0/s1. The number of nitrogens with one attached hydrogen (secondary N) is 2. The van der Waals surface area contributed by atoms with Crippen LogP contribution in [0.15, 0.2) is 24.4 Å². The number of hydrogen-bond acceptors (Lipinski definition) is 7. The van der Waals surface area contributed by atoms with Gasteiger partial charge in [0.2, 0.25) is 5.88 Å². The molecule has 0 radical (unpaired) electrons. The molecule has 170 valence electrons. The predicted molar refractivity (Wildman–Crippen MR) is 118 cm³/mol. The molecule has 0 aromatic carbocycles. The SMILES string of the molecule is CNC(=O)c1ccc(C2CC[C@H](C)CN2C(=O)C(=O)Nc2cnc(OC)c(C(N)=O)c2)s1. The van der Waals surface area contributed by atoms with Crippen LogP contribution in [-0.4, -0.2) is 54.2 Å². The van der Waals surface area contributed by atoms with Gasteiger partial charge in [0.1, 0.15) is 5.56 Å². The van der Waals surface area contributed by atoms with Crippen LogP contribution in [0.3, 0.4) is 0 Å². The monoisotopic (exact) mass is 459 g/mol. The Labute approximate surface area is 189 Å². The molecule has 1 aliphatic heterocycles. The summed E-state index contributed by atoms with van der Waals surface area (Å²) in [5, 5.41) is 5.07. The Morgan fingerprint density at radius 1 is 1.25 bits per heavy atom. The van der Waals surface area contributed by atoms with Gasteiger partial charge in [0.15, 0.2) is 0 Å². The van der Waals surface area contributed by atoms with Crippen molar-refractivity contribution in [1.82, 2.24) is 15.2 Å². The first-order valence-electron chi connectivity index (χ1n) is 10.0. The van der Waals surface area contributed by atoms with E-state index in [1.807, 2.05) is 13.0 Å². The second-order valence-electron chi connectivity index (χ2n) is 7.54. The fourth-order valence-corrected chi connectivity index (χ4v) is 4.73. The third-order valence-corrected chi connectivity index (χ3v) is 6.43. The second kappa shape index (κ2) is 9.77. The fraction of sp³-hybridized carbons (Fsp3) is 0.381. The lowest BCUT2D eigenvalue weighted by atomic mass is 9.93. The summed E-state index contributed by atoms with van der Waals surface area (Å²) < 4.78 is 4.98. The first-order valence-corrected chi connectivity index (χ1v) is 10.8. The Hall–Kier alpha value is -3.47. The zero-order chi connectivity index (χ0) is 23.4. The molecule has 0 saturated carbocycles. The predicted octanol–water partition coefficient (Wildman–Crippen LogP) is 1.55. The highest BCUT2D eigenvalue weighted by Gasteiger charge is 2.35. The van der Waals surface area contributed by atoms with Crippen molar-refractivity contribution in [2.75, 3.05) is 26.0 Å². The number of ether oxygens (including phenoxy) is 1. The lowest BCUT2D eigenvalue weighted by Gasteiger charge is -2.37. The number of likely N-dealkylation sites (tertiary alicyclic amines) is 1. The first-order chi connectivity index (χ1) is 15.2. The topological polar surface area (TPSA) is 144 Å². The van der Waals surface area contributed by atoms with Crippen LogP contribution in [-0.2, 0) is 9.59 Å². The van der Waals surface area contributed by atoms with Crippen molar-refractivity contribution < 1.29 is 23.9 Å². The molecule has 4 amide bonds. The number of piperidine rings is 1. The third-order valence-electron chi connectivity index (χ3n) is 5.25. The Balaban J connectivity index is 1.81. The van der Waals surface area contributed by atoms with E-state index in [1.165, 1.54) is 35.6 Å². The third kappa shape index (κ3) is 4.88. The van der Waals surface area contributed by atoms with Crippen molar-refractivity contribution in [2.45, 2.75) is 25.8 Å². The maximum absolute atomic E-state index is 13.1. The lowest BCUT2D eigenvalue weighted by Crippen LogP contribution is -2.46. The van der Waals surface area contributed by atoms with Crippen LogP contribution < -0.4 is 21.1 Å². The van der Waals surface area contributed by atoms with Crippen molar-refractivity contribution in [2.24, 2.45) is 11.7 Å². The van der Waals surface area contributed by atoms with E-state index in [2.05, 4.69) is 15.6 Å². The van der Waals surface area contributed by atoms with E-state index >= 15 is 0 Å². The zero-order valence-electron chi connectivity index (χ0n) is 18.0. The van der Waals surface area contributed by atoms with Gasteiger partial charge in [-0.15, -0.1) is 11.3 Å². The maximum atomic E-state index is 13.1. The van der Waals surface area contributed by atoms with Gasteiger partial charge >= 0.3 is 11.8 Å². The number of anilines is 1. The highest BCUT2D eigenvalue weighted by molar-refractivity contribution is 7.14. The van der Waals surface area contributed by atoms with E-state index in [1.54, 1.807) is 13.1 Å². The van der Waals surface area contributed by atoms with Crippen LogP contribution in [0.25, 0.3) is 0 Å². The first kappa shape index (κ1) is 23.2. The summed E-state index contributed by atoms with van der Waals surface area (Å²) in [4.78, 5) is 56.2. The van der Waals surface area contributed by atoms with E-state index in [0.29, 0.717) is 17.8 Å². The van der Waals surface area contributed by atoms with Gasteiger partial charge in [-0.25, -0.2) is 4.98 Å². The van der Waals surface area contributed by atoms with Crippen LogP contribution >= 0.6 is 11.3 Å². The molecule has 0 aliphatic carbocycles. The largest absolute Gasteiger partial charge is 0.480 e. The Kier molecular flexibility index (Phi) is 7.08. The van der Waals surface area contributed by atoms with E-state index in [0.717, 1.165) is 11.3 Å². The summed E-state index contributed by atoms with van der Waals surface area (Å²) in [6.45, 7) is 2.43.